The van der Waals surface area contributed by atoms with Gasteiger partial charge in [-0.1, -0.05) is 102 Å². The van der Waals surface area contributed by atoms with Gasteiger partial charge >= 0.3 is 0 Å². The van der Waals surface area contributed by atoms with E-state index >= 15 is 0 Å². The molecule has 128 valence electrons. The summed E-state index contributed by atoms with van der Waals surface area (Å²) in [5.41, 5.74) is 7.63. The molecule has 0 radical (unpaired) electrons. The van der Waals surface area contributed by atoms with Crippen LogP contribution < -0.4 is 5.73 Å². The maximum atomic E-state index is 6.35. The van der Waals surface area contributed by atoms with Crippen LogP contribution >= 0.6 is 24.0 Å². The number of hydrogen-bond donors (Lipinski definition) is 1. The van der Waals surface area contributed by atoms with Crippen LogP contribution in [0.3, 0.4) is 0 Å². The van der Waals surface area contributed by atoms with Crippen molar-refractivity contribution in [3.63, 3.8) is 0 Å². The Hall–Kier alpha value is -0.0900. The normalized spacial score (nSPS) is 13.4. The highest BCUT2D eigenvalue weighted by atomic mass is 127. The molecule has 0 saturated carbocycles. The van der Waals surface area contributed by atoms with Gasteiger partial charge in [-0.05, 0) is 17.9 Å². The molecule has 0 amide bonds. The van der Waals surface area contributed by atoms with Crippen molar-refractivity contribution >= 4 is 24.0 Å². The Morgan fingerprint density at radius 3 is 1.86 bits per heavy atom. The molecule has 0 aliphatic rings. The van der Waals surface area contributed by atoms with Gasteiger partial charge in [0.25, 0.3) is 0 Å². The topological polar surface area (TPSA) is 26.0 Å². The van der Waals surface area contributed by atoms with E-state index in [1.54, 1.807) is 0 Å². The van der Waals surface area contributed by atoms with Crippen LogP contribution in [0.1, 0.15) is 89.7 Å². The number of benzene rings is 1. The summed E-state index contributed by atoms with van der Waals surface area (Å²) in [5, 5.41) is 0. The zero-order valence-corrected chi connectivity index (χ0v) is 16.9. The lowest BCUT2D eigenvalue weighted by Gasteiger charge is -2.20. The maximum Gasteiger partial charge on any atom is 0.0320 e. The van der Waals surface area contributed by atoms with E-state index in [0.29, 0.717) is 5.92 Å². The third-order valence-electron chi connectivity index (χ3n) is 4.56. The molecule has 2 atom stereocenters. The maximum absolute atomic E-state index is 6.35. The Bertz CT molecular complexity index is 339. The highest BCUT2D eigenvalue weighted by molar-refractivity contribution is 14.0. The Morgan fingerprint density at radius 1 is 0.818 bits per heavy atom. The van der Waals surface area contributed by atoms with E-state index in [-0.39, 0.29) is 30.0 Å². The van der Waals surface area contributed by atoms with E-state index in [4.69, 9.17) is 5.73 Å². The summed E-state index contributed by atoms with van der Waals surface area (Å²) in [4.78, 5) is 0. The molecule has 2 unspecified atom stereocenters. The third-order valence-corrected chi connectivity index (χ3v) is 4.56. The third kappa shape index (κ3) is 9.83. The highest BCUT2D eigenvalue weighted by Gasteiger charge is 2.13. The summed E-state index contributed by atoms with van der Waals surface area (Å²) in [6, 6.07) is 10.7. The zero-order valence-electron chi connectivity index (χ0n) is 14.6. The van der Waals surface area contributed by atoms with Crippen molar-refractivity contribution in [2.24, 2.45) is 11.7 Å². The summed E-state index contributed by atoms with van der Waals surface area (Å²) in [6.07, 6.45) is 13.8. The van der Waals surface area contributed by atoms with Crippen molar-refractivity contribution in [1.29, 1.82) is 0 Å². The van der Waals surface area contributed by atoms with Crippen molar-refractivity contribution in [3.8, 4) is 0 Å². The van der Waals surface area contributed by atoms with Crippen LogP contribution in [0, 0.1) is 5.92 Å². The van der Waals surface area contributed by atoms with Gasteiger partial charge in [-0.25, -0.2) is 0 Å². The van der Waals surface area contributed by atoms with E-state index in [1.807, 2.05) is 0 Å². The Balaban J connectivity index is 0.00000441. The van der Waals surface area contributed by atoms with E-state index in [0.717, 1.165) is 0 Å². The second kappa shape index (κ2) is 14.5. The lowest BCUT2D eigenvalue weighted by molar-refractivity contribution is 0.413. The van der Waals surface area contributed by atoms with E-state index in [1.165, 1.54) is 69.8 Å². The molecule has 2 N–H and O–H groups in total. The van der Waals surface area contributed by atoms with Crippen LogP contribution in [0.25, 0.3) is 0 Å². The standard InChI is InChI=1S/C20H35N.HI/c1-3-4-5-6-7-8-9-10-12-15-18(2)20(21)19-16-13-11-14-17-19;/h11,13-14,16-18,20H,3-10,12,15,21H2,1-2H3;1H. The average Bonchev–Trinajstić information content (AvgIpc) is 2.53. The highest BCUT2D eigenvalue weighted by Crippen LogP contribution is 2.24. The van der Waals surface area contributed by atoms with Crippen LogP contribution in [0.5, 0.6) is 0 Å². The van der Waals surface area contributed by atoms with Crippen LogP contribution in [-0.4, -0.2) is 0 Å². The van der Waals surface area contributed by atoms with Crippen molar-refractivity contribution in [3.05, 3.63) is 35.9 Å². The molecule has 0 bridgehead atoms. The van der Waals surface area contributed by atoms with Gasteiger partial charge in [-0.2, -0.15) is 0 Å². The first-order valence-electron chi connectivity index (χ1n) is 9.06. The van der Waals surface area contributed by atoms with Crippen LogP contribution in [0.15, 0.2) is 30.3 Å². The monoisotopic (exact) mass is 417 g/mol. The molecule has 1 rings (SSSR count). The minimum absolute atomic E-state index is 0. The quantitative estimate of drug-likeness (QED) is 0.292. The minimum Gasteiger partial charge on any atom is -0.324 e. The van der Waals surface area contributed by atoms with Gasteiger partial charge in [-0.15, -0.1) is 24.0 Å². The molecule has 22 heavy (non-hydrogen) atoms. The molecule has 2 heteroatoms. The van der Waals surface area contributed by atoms with Crippen LogP contribution in [0.4, 0.5) is 0 Å². The second-order valence-corrected chi connectivity index (χ2v) is 6.53. The first kappa shape index (κ1) is 21.9. The first-order valence-corrected chi connectivity index (χ1v) is 9.06. The molecular weight excluding hydrogens is 381 g/mol. The summed E-state index contributed by atoms with van der Waals surface area (Å²) >= 11 is 0. The summed E-state index contributed by atoms with van der Waals surface area (Å²) in [5.74, 6) is 0.581. The predicted octanol–water partition coefficient (Wildman–Crippen LogP) is 6.86. The minimum atomic E-state index is 0. The lowest BCUT2D eigenvalue weighted by atomic mass is 9.90. The molecule has 1 aromatic rings. The number of nitrogens with two attached hydrogens (primary N) is 1. The van der Waals surface area contributed by atoms with Gasteiger partial charge < -0.3 is 5.73 Å². The number of rotatable bonds is 12. The molecule has 0 aliphatic carbocycles. The average molecular weight is 417 g/mol. The molecule has 0 saturated heterocycles. The molecule has 0 aliphatic heterocycles. The molecule has 0 fully saturated rings. The largest absolute Gasteiger partial charge is 0.324 e. The van der Waals surface area contributed by atoms with Gasteiger partial charge in [0.15, 0.2) is 0 Å². The predicted molar refractivity (Wildman–Crippen MR) is 110 cm³/mol. The van der Waals surface area contributed by atoms with Gasteiger partial charge in [0.2, 0.25) is 0 Å². The van der Waals surface area contributed by atoms with E-state index in [2.05, 4.69) is 44.2 Å². The molecule has 0 spiro atoms. The van der Waals surface area contributed by atoms with Gasteiger partial charge in [0.05, 0.1) is 0 Å². The molecule has 1 nitrogen and oxygen atoms in total. The SMILES string of the molecule is CCCCCCCCCCCC(C)C(N)c1ccccc1.I. The summed E-state index contributed by atoms with van der Waals surface area (Å²) in [7, 11) is 0. The summed E-state index contributed by atoms with van der Waals surface area (Å²) in [6.45, 7) is 4.57. The van der Waals surface area contributed by atoms with E-state index < -0.39 is 0 Å². The fraction of sp³-hybridized carbons (Fsp3) is 0.700. The van der Waals surface area contributed by atoms with Crippen molar-refractivity contribution in [2.45, 2.75) is 84.1 Å². The fourth-order valence-electron chi connectivity index (χ4n) is 2.96. The summed E-state index contributed by atoms with van der Waals surface area (Å²) < 4.78 is 0. The van der Waals surface area contributed by atoms with Crippen molar-refractivity contribution in [1.82, 2.24) is 0 Å². The second-order valence-electron chi connectivity index (χ2n) is 6.53. The number of halogens is 1. The van der Waals surface area contributed by atoms with E-state index in [9.17, 15) is 0 Å². The Morgan fingerprint density at radius 2 is 1.32 bits per heavy atom. The fourth-order valence-corrected chi connectivity index (χ4v) is 2.96. The van der Waals surface area contributed by atoms with Crippen LogP contribution in [-0.2, 0) is 0 Å². The molecule has 0 heterocycles. The smallest absolute Gasteiger partial charge is 0.0320 e. The Labute approximate surface area is 155 Å². The first-order chi connectivity index (χ1) is 10.3. The zero-order chi connectivity index (χ0) is 15.3. The van der Waals surface area contributed by atoms with Gasteiger partial charge in [0.1, 0.15) is 0 Å². The van der Waals surface area contributed by atoms with Gasteiger partial charge in [0, 0.05) is 6.04 Å². The lowest BCUT2D eigenvalue weighted by Crippen LogP contribution is -2.18. The van der Waals surface area contributed by atoms with Crippen molar-refractivity contribution < 1.29 is 0 Å². The molecule has 1 aromatic carbocycles. The number of hydrogen-bond acceptors (Lipinski definition) is 1. The van der Waals surface area contributed by atoms with Crippen molar-refractivity contribution in [2.75, 3.05) is 0 Å². The van der Waals surface area contributed by atoms with Crippen LogP contribution in [0.2, 0.25) is 0 Å². The molecular formula is C20H36IN. The number of unbranched alkanes of at least 4 members (excludes halogenated alkanes) is 8. The molecule has 0 aromatic heterocycles. The van der Waals surface area contributed by atoms with Gasteiger partial charge in [-0.3, -0.25) is 0 Å². The Kier molecular flexibility index (Phi) is 14.4.